The van der Waals surface area contributed by atoms with E-state index in [1.54, 1.807) is 41.0 Å². The van der Waals surface area contributed by atoms with Crippen molar-refractivity contribution in [1.29, 1.82) is 0 Å². The normalized spacial score (nSPS) is 10.9. The molecular formula is C35H29F2N11O6. The number of hydrogen-bond donors (Lipinski definition) is 2. The molecule has 2 aromatic carbocycles. The van der Waals surface area contributed by atoms with Crippen LogP contribution in [0.25, 0.3) is 11.6 Å². The summed E-state index contributed by atoms with van der Waals surface area (Å²) in [5.41, 5.74) is -0.796. The summed E-state index contributed by atoms with van der Waals surface area (Å²) in [5, 5.41) is 21.0. The van der Waals surface area contributed by atoms with Crippen molar-refractivity contribution in [1.82, 2.24) is 44.4 Å². The lowest BCUT2D eigenvalue weighted by Gasteiger charge is -2.20. The van der Waals surface area contributed by atoms with Gasteiger partial charge in [0.1, 0.15) is 24.3 Å². The molecule has 0 spiro atoms. The molecule has 0 radical (unpaired) electrons. The van der Waals surface area contributed by atoms with Gasteiger partial charge in [0.05, 0.1) is 36.7 Å². The molecule has 2 N–H and O–H groups in total. The van der Waals surface area contributed by atoms with E-state index in [1.807, 2.05) is 0 Å². The van der Waals surface area contributed by atoms with Crippen molar-refractivity contribution in [2.45, 2.75) is 13.1 Å². The average molecular weight is 738 g/mol. The van der Waals surface area contributed by atoms with E-state index < -0.39 is 35.4 Å². The smallest absolute Gasteiger partial charge is 0.340 e. The van der Waals surface area contributed by atoms with Crippen LogP contribution in [0.5, 0.6) is 0 Å². The number of halogens is 2. The minimum Gasteiger partial charge on any atom is -0.465 e. The Morgan fingerprint density at radius 2 is 1.09 bits per heavy atom. The SMILES string of the molecule is COC(=O)c1cc(F)c(CN(C)Cc2cc(NC(=O)c3ccc(-n4ccnc4)nn3)c(C(=O)OC)cc2F)cc1NC(=O)c1ccc(-n2ccnc2)nn1. The monoisotopic (exact) mass is 737 g/mol. The van der Waals surface area contributed by atoms with Crippen molar-refractivity contribution in [2.75, 3.05) is 31.9 Å². The van der Waals surface area contributed by atoms with Gasteiger partial charge >= 0.3 is 11.9 Å². The van der Waals surface area contributed by atoms with Gasteiger partial charge in [-0.3, -0.25) is 23.6 Å². The zero-order valence-corrected chi connectivity index (χ0v) is 28.7. The van der Waals surface area contributed by atoms with Crippen molar-refractivity contribution in [3.8, 4) is 11.6 Å². The number of benzene rings is 2. The summed E-state index contributed by atoms with van der Waals surface area (Å²) in [4.78, 5) is 60.8. The van der Waals surface area contributed by atoms with E-state index in [0.29, 0.717) is 11.6 Å². The maximum Gasteiger partial charge on any atom is 0.340 e. The van der Waals surface area contributed by atoms with E-state index in [4.69, 9.17) is 9.47 Å². The lowest BCUT2D eigenvalue weighted by molar-refractivity contribution is 0.0592. The van der Waals surface area contributed by atoms with Crippen molar-refractivity contribution in [2.24, 2.45) is 0 Å². The Bertz CT molecular complexity index is 2160. The quantitative estimate of drug-likeness (QED) is 0.173. The first kappa shape index (κ1) is 36.5. The molecule has 0 saturated carbocycles. The maximum atomic E-state index is 15.4. The van der Waals surface area contributed by atoms with Gasteiger partial charge < -0.3 is 20.1 Å². The second kappa shape index (κ2) is 15.9. The number of rotatable bonds is 12. The van der Waals surface area contributed by atoms with E-state index >= 15 is 8.78 Å². The number of methoxy groups -OCH3 is 2. The molecule has 6 rings (SSSR count). The molecule has 54 heavy (non-hydrogen) atoms. The van der Waals surface area contributed by atoms with E-state index in [1.165, 1.54) is 54.0 Å². The Morgan fingerprint density at radius 1 is 0.667 bits per heavy atom. The first-order valence-electron chi connectivity index (χ1n) is 15.8. The van der Waals surface area contributed by atoms with Crippen LogP contribution >= 0.6 is 0 Å². The number of ether oxygens (including phenoxy) is 2. The van der Waals surface area contributed by atoms with Crippen LogP contribution in [0, 0.1) is 11.6 Å². The van der Waals surface area contributed by atoms with Crippen LogP contribution in [0.15, 0.2) is 86.0 Å². The second-order valence-electron chi connectivity index (χ2n) is 11.5. The Kier molecular flexibility index (Phi) is 10.8. The van der Waals surface area contributed by atoms with Crippen LogP contribution in [0.1, 0.15) is 52.8 Å². The van der Waals surface area contributed by atoms with Gasteiger partial charge in [-0.15, -0.1) is 20.4 Å². The number of carbonyl (C=O) groups excluding carboxylic acids is 4. The number of anilines is 2. The summed E-state index contributed by atoms with van der Waals surface area (Å²) in [7, 11) is 3.78. The van der Waals surface area contributed by atoms with Gasteiger partial charge in [0.15, 0.2) is 23.0 Å². The summed E-state index contributed by atoms with van der Waals surface area (Å²) in [6, 6.07) is 10.3. The van der Waals surface area contributed by atoms with Crippen LogP contribution in [0.4, 0.5) is 20.2 Å². The number of esters is 2. The number of nitrogens with zero attached hydrogens (tertiary/aromatic N) is 9. The highest BCUT2D eigenvalue weighted by Gasteiger charge is 2.23. The molecule has 6 aromatic rings. The van der Waals surface area contributed by atoms with Gasteiger partial charge in [0, 0.05) is 49.0 Å². The van der Waals surface area contributed by atoms with E-state index in [-0.39, 0.29) is 58.1 Å². The lowest BCUT2D eigenvalue weighted by atomic mass is 10.1. The molecule has 274 valence electrons. The fraction of sp³-hybridized carbons (Fsp3) is 0.143. The first-order valence-corrected chi connectivity index (χ1v) is 15.8. The third kappa shape index (κ3) is 8.10. The van der Waals surface area contributed by atoms with Gasteiger partial charge in [-0.05, 0) is 55.6 Å². The molecule has 0 bridgehead atoms. The third-order valence-corrected chi connectivity index (χ3v) is 7.86. The number of nitrogens with one attached hydrogen (secondary N) is 2. The van der Waals surface area contributed by atoms with Gasteiger partial charge in [0.25, 0.3) is 11.8 Å². The van der Waals surface area contributed by atoms with Crippen LogP contribution in [-0.4, -0.2) is 89.4 Å². The fourth-order valence-electron chi connectivity index (χ4n) is 5.21. The van der Waals surface area contributed by atoms with Gasteiger partial charge in [-0.1, -0.05) is 0 Å². The molecule has 0 saturated heterocycles. The minimum absolute atomic E-state index is 0.0276. The van der Waals surface area contributed by atoms with Crippen LogP contribution < -0.4 is 10.6 Å². The molecule has 0 atom stereocenters. The third-order valence-electron chi connectivity index (χ3n) is 7.86. The summed E-state index contributed by atoms with van der Waals surface area (Å²) in [5.74, 6) is -4.09. The molecule has 2 amide bonds. The lowest BCUT2D eigenvalue weighted by Crippen LogP contribution is -2.22. The van der Waals surface area contributed by atoms with Gasteiger partial charge in [-0.25, -0.2) is 28.3 Å². The maximum absolute atomic E-state index is 15.4. The van der Waals surface area contributed by atoms with Crippen molar-refractivity contribution in [3.63, 3.8) is 0 Å². The molecule has 4 heterocycles. The van der Waals surface area contributed by atoms with Crippen LogP contribution in [0.2, 0.25) is 0 Å². The molecule has 0 unspecified atom stereocenters. The summed E-state index contributed by atoms with van der Waals surface area (Å²) in [6.45, 7) is -0.289. The zero-order chi connectivity index (χ0) is 38.4. The van der Waals surface area contributed by atoms with E-state index in [9.17, 15) is 19.2 Å². The molecular weight excluding hydrogens is 708 g/mol. The number of amides is 2. The second-order valence-corrected chi connectivity index (χ2v) is 11.5. The number of aromatic nitrogens is 8. The largest absolute Gasteiger partial charge is 0.465 e. The van der Waals surface area contributed by atoms with Gasteiger partial charge in [-0.2, -0.15) is 0 Å². The molecule has 0 aliphatic carbocycles. The fourth-order valence-corrected chi connectivity index (χ4v) is 5.21. The molecule has 0 aliphatic rings. The van der Waals surface area contributed by atoms with Crippen LogP contribution in [0.3, 0.4) is 0 Å². The molecule has 0 fully saturated rings. The zero-order valence-electron chi connectivity index (χ0n) is 28.7. The Hall–Kier alpha value is -7.28. The first-order chi connectivity index (χ1) is 26.0. The highest BCUT2D eigenvalue weighted by Crippen LogP contribution is 2.27. The Morgan fingerprint density at radius 3 is 1.43 bits per heavy atom. The minimum atomic E-state index is -0.909. The van der Waals surface area contributed by atoms with Gasteiger partial charge in [0.2, 0.25) is 0 Å². The standard InChI is InChI=1S/C35H29F2N11O6/c1-46(16-20-12-28(22(14-24(20)36)34(51)53-2)40-32(49)26-4-6-30(44-42-26)47-10-8-38-18-47)17-21-13-29(23(15-25(21)37)35(52)54-3)41-33(50)27-5-7-31(45-43-27)48-11-9-39-19-48/h4-15,18-19H,16-17H2,1-3H3,(H,40,49)(H,41,50). The highest BCUT2D eigenvalue weighted by atomic mass is 19.1. The Balaban J connectivity index is 1.21. The van der Waals surface area contributed by atoms with Crippen molar-refractivity contribution < 1.29 is 37.4 Å². The van der Waals surface area contributed by atoms with Crippen LogP contribution in [-0.2, 0) is 22.6 Å². The number of carbonyl (C=O) groups is 4. The number of imidazole rings is 2. The predicted molar refractivity (Wildman–Crippen MR) is 185 cm³/mol. The summed E-state index contributed by atoms with van der Waals surface area (Å²) < 4.78 is 43.6. The predicted octanol–water partition coefficient (Wildman–Crippen LogP) is 3.63. The summed E-state index contributed by atoms with van der Waals surface area (Å²) in [6.07, 6.45) is 9.41. The van der Waals surface area contributed by atoms with E-state index in [0.717, 1.165) is 26.4 Å². The Labute approximate surface area is 304 Å². The summed E-state index contributed by atoms with van der Waals surface area (Å²) >= 11 is 0. The van der Waals surface area contributed by atoms with Crippen molar-refractivity contribution >= 4 is 35.1 Å². The van der Waals surface area contributed by atoms with Crippen molar-refractivity contribution in [3.05, 3.63) is 131 Å². The molecule has 17 nitrogen and oxygen atoms in total. The molecule has 0 aliphatic heterocycles. The topological polar surface area (TPSA) is 201 Å². The van der Waals surface area contributed by atoms with E-state index in [2.05, 4.69) is 41.0 Å². The molecule has 19 heteroatoms. The highest BCUT2D eigenvalue weighted by molar-refractivity contribution is 6.08. The average Bonchev–Trinajstić information content (AvgIpc) is 3.93. The molecule has 4 aromatic heterocycles. The number of hydrogen-bond acceptors (Lipinski definition) is 13.